The van der Waals surface area contributed by atoms with Crippen molar-refractivity contribution < 1.29 is 23.5 Å². The summed E-state index contributed by atoms with van der Waals surface area (Å²) >= 11 is 0. The molecule has 3 aliphatic heterocycles. The van der Waals surface area contributed by atoms with Crippen LogP contribution in [0.2, 0.25) is 0 Å². The maximum absolute atomic E-state index is 14.5. The number of nitrogens with one attached hydrogen (secondary N) is 1. The van der Waals surface area contributed by atoms with Crippen LogP contribution in [0.1, 0.15) is 43.2 Å². The fraction of sp³-hybridized carbons (Fsp3) is 0.452. The van der Waals surface area contributed by atoms with E-state index in [0.29, 0.717) is 75.7 Å². The number of benzene rings is 1. The molecular formula is C31H36FN7O4. The Balaban J connectivity index is 1.24. The second-order valence-electron chi connectivity index (χ2n) is 11.5. The summed E-state index contributed by atoms with van der Waals surface area (Å²) in [6.07, 6.45) is 6.26. The largest absolute Gasteiger partial charge is 0.480 e. The smallest absolute Gasteiger partial charge is 0.326 e. The van der Waals surface area contributed by atoms with Gasteiger partial charge in [-0.05, 0) is 55.5 Å². The summed E-state index contributed by atoms with van der Waals surface area (Å²) in [5.74, 6) is 0.650. The summed E-state index contributed by atoms with van der Waals surface area (Å²) in [7, 11) is 1.54. The minimum atomic E-state index is -0.574. The van der Waals surface area contributed by atoms with E-state index in [0.717, 1.165) is 23.1 Å². The predicted octanol–water partition coefficient (Wildman–Crippen LogP) is 3.74. The Kier molecular flexibility index (Phi) is 7.76. The Morgan fingerprint density at radius 1 is 1.14 bits per heavy atom. The van der Waals surface area contributed by atoms with Gasteiger partial charge in [-0.2, -0.15) is 10.1 Å². The summed E-state index contributed by atoms with van der Waals surface area (Å²) in [5.41, 5.74) is 2.24. The molecule has 3 saturated heterocycles. The zero-order valence-corrected chi connectivity index (χ0v) is 24.5. The van der Waals surface area contributed by atoms with Crippen molar-refractivity contribution in [3.63, 3.8) is 0 Å². The highest BCUT2D eigenvalue weighted by Crippen LogP contribution is 2.40. The van der Waals surface area contributed by atoms with Gasteiger partial charge in [-0.25, -0.2) is 9.18 Å². The molecule has 1 aromatic carbocycles. The standard InChI is InChI=1S/C31H36FN7O4/c1-21-22(5-3-6-25(21)32)19-39-30(42)38(26-9-8-24(29(35-26)43-2)23-17-33-34-18-23)20-31(39)11-15-37(16-12-31)28(41)10-14-36-13-4-7-27(36)40/h3,5-6,8-9,17-18H,4,7,10-16,19-20H2,1-2H3,(H,33,34). The van der Waals surface area contributed by atoms with E-state index in [1.54, 1.807) is 41.2 Å². The lowest BCUT2D eigenvalue weighted by Gasteiger charge is -2.44. The number of aromatic amines is 1. The third-order valence-corrected chi connectivity index (χ3v) is 9.13. The molecular weight excluding hydrogens is 553 g/mol. The average Bonchev–Trinajstić information content (AvgIpc) is 3.76. The third-order valence-electron chi connectivity index (χ3n) is 9.13. The Morgan fingerprint density at radius 3 is 2.65 bits per heavy atom. The average molecular weight is 590 g/mol. The third kappa shape index (κ3) is 5.41. The molecule has 3 fully saturated rings. The van der Waals surface area contributed by atoms with E-state index in [9.17, 15) is 18.8 Å². The number of hydrogen-bond acceptors (Lipinski definition) is 6. The Bertz CT molecular complexity index is 1520. The zero-order valence-electron chi connectivity index (χ0n) is 24.5. The van der Waals surface area contributed by atoms with Crippen molar-refractivity contribution in [2.75, 3.05) is 44.7 Å². The molecule has 4 amide bonds. The topological polar surface area (TPSA) is 115 Å². The summed E-state index contributed by atoms with van der Waals surface area (Å²) in [4.78, 5) is 51.0. The van der Waals surface area contributed by atoms with Gasteiger partial charge in [-0.15, -0.1) is 0 Å². The molecule has 11 nitrogen and oxygen atoms in total. The Morgan fingerprint density at radius 2 is 1.95 bits per heavy atom. The summed E-state index contributed by atoms with van der Waals surface area (Å²) in [6.45, 7) is 4.48. The number of piperidine rings is 1. The number of hydrogen-bond donors (Lipinski definition) is 1. The van der Waals surface area contributed by atoms with Gasteiger partial charge < -0.3 is 19.4 Å². The molecule has 0 saturated carbocycles. The number of nitrogens with zero attached hydrogens (tertiary/aromatic N) is 6. The lowest BCUT2D eigenvalue weighted by molar-refractivity contribution is -0.134. The van der Waals surface area contributed by atoms with Gasteiger partial charge >= 0.3 is 6.03 Å². The van der Waals surface area contributed by atoms with Gasteiger partial charge in [0.15, 0.2) is 0 Å². The van der Waals surface area contributed by atoms with E-state index in [1.807, 2.05) is 21.9 Å². The molecule has 0 unspecified atom stereocenters. The minimum Gasteiger partial charge on any atom is -0.480 e. The number of rotatable bonds is 8. The molecule has 1 spiro atoms. The Labute approximate surface area is 249 Å². The number of methoxy groups -OCH3 is 1. The highest BCUT2D eigenvalue weighted by molar-refractivity contribution is 5.95. The number of H-pyrrole nitrogens is 1. The van der Waals surface area contributed by atoms with Crippen LogP contribution in [0.25, 0.3) is 11.1 Å². The lowest BCUT2D eigenvalue weighted by Crippen LogP contribution is -2.55. The van der Waals surface area contributed by atoms with Crippen LogP contribution in [-0.4, -0.2) is 93.1 Å². The van der Waals surface area contributed by atoms with Crippen molar-refractivity contribution in [1.29, 1.82) is 0 Å². The van der Waals surface area contributed by atoms with Crippen LogP contribution in [0.5, 0.6) is 5.88 Å². The first-order chi connectivity index (χ1) is 20.8. The first-order valence-electron chi connectivity index (χ1n) is 14.7. The molecule has 6 rings (SSSR count). The quantitative estimate of drug-likeness (QED) is 0.428. The minimum absolute atomic E-state index is 0.0180. The number of amides is 4. The van der Waals surface area contributed by atoms with Crippen LogP contribution in [0.3, 0.4) is 0 Å². The number of likely N-dealkylation sites (tertiary alicyclic amines) is 2. The summed E-state index contributed by atoms with van der Waals surface area (Å²) < 4.78 is 20.1. The predicted molar refractivity (Wildman–Crippen MR) is 157 cm³/mol. The van der Waals surface area contributed by atoms with Gasteiger partial charge in [0.25, 0.3) is 0 Å². The number of ether oxygens (including phenoxy) is 1. The molecule has 0 atom stereocenters. The summed E-state index contributed by atoms with van der Waals surface area (Å²) in [6, 6.07) is 8.37. The molecule has 3 aliphatic rings. The molecule has 3 aromatic rings. The zero-order chi connectivity index (χ0) is 30.1. The second kappa shape index (κ2) is 11.7. The molecule has 226 valence electrons. The first-order valence-corrected chi connectivity index (χ1v) is 14.7. The van der Waals surface area contributed by atoms with E-state index in [2.05, 4.69) is 10.2 Å². The fourth-order valence-electron chi connectivity index (χ4n) is 6.49. The van der Waals surface area contributed by atoms with Crippen LogP contribution < -0.4 is 9.64 Å². The maximum atomic E-state index is 14.5. The SMILES string of the molecule is COc1nc(N2CC3(CCN(C(=O)CCN4CCCC4=O)CC3)N(Cc3cccc(F)c3C)C2=O)ccc1-c1cn[nH]c1. The number of anilines is 1. The van der Waals surface area contributed by atoms with Gasteiger partial charge in [-0.3, -0.25) is 19.6 Å². The monoisotopic (exact) mass is 589 g/mol. The lowest BCUT2D eigenvalue weighted by atomic mass is 9.86. The molecule has 5 heterocycles. The molecule has 0 aliphatic carbocycles. The number of carbonyl (C=O) groups excluding carboxylic acids is 3. The van der Waals surface area contributed by atoms with Crippen molar-refractivity contribution >= 4 is 23.7 Å². The number of halogens is 1. The molecule has 0 radical (unpaired) electrons. The number of urea groups is 1. The van der Waals surface area contributed by atoms with Crippen molar-refractivity contribution in [2.45, 2.75) is 51.1 Å². The number of carbonyl (C=O) groups is 3. The van der Waals surface area contributed by atoms with Crippen molar-refractivity contribution in [2.24, 2.45) is 0 Å². The summed E-state index contributed by atoms with van der Waals surface area (Å²) in [5, 5.41) is 6.80. The first kappa shape index (κ1) is 28.6. The van der Waals surface area contributed by atoms with Crippen molar-refractivity contribution in [1.82, 2.24) is 29.9 Å². The van der Waals surface area contributed by atoms with E-state index in [1.165, 1.54) is 13.2 Å². The van der Waals surface area contributed by atoms with E-state index in [4.69, 9.17) is 9.72 Å². The Hall–Kier alpha value is -4.48. The van der Waals surface area contributed by atoms with E-state index >= 15 is 0 Å². The number of pyridine rings is 1. The van der Waals surface area contributed by atoms with Gasteiger partial charge in [-0.1, -0.05) is 12.1 Å². The van der Waals surface area contributed by atoms with Gasteiger partial charge in [0.05, 0.1) is 25.4 Å². The van der Waals surface area contributed by atoms with E-state index < -0.39 is 5.54 Å². The van der Waals surface area contributed by atoms with E-state index in [-0.39, 0.29) is 30.2 Å². The normalized spacial score (nSPS) is 18.3. The fourth-order valence-corrected chi connectivity index (χ4v) is 6.49. The van der Waals surface area contributed by atoms with Crippen LogP contribution in [-0.2, 0) is 16.1 Å². The van der Waals surface area contributed by atoms with Gasteiger partial charge in [0.1, 0.15) is 11.6 Å². The molecule has 2 aromatic heterocycles. The van der Waals surface area contributed by atoms with Crippen LogP contribution in [0, 0.1) is 12.7 Å². The van der Waals surface area contributed by atoms with Crippen LogP contribution in [0.4, 0.5) is 15.0 Å². The molecule has 43 heavy (non-hydrogen) atoms. The van der Waals surface area contributed by atoms with Gasteiger partial charge in [0, 0.05) is 62.9 Å². The molecule has 1 N–H and O–H groups in total. The second-order valence-corrected chi connectivity index (χ2v) is 11.5. The molecule has 0 bridgehead atoms. The van der Waals surface area contributed by atoms with Gasteiger partial charge in [0.2, 0.25) is 17.7 Å². The van der Waals surface area contributed by atoms with Crippen molar-refractivity contribution in [3.8, 4) is 17.0 Å². The van der Waals surface area contributed by atoms with Crippen LogP contribution in [0.15, 0.2) is 42.7 Å². The maximum Gasteiger partial charge on any atom is 0.326 e. The highest BCUT2D eigenvalue weighted by atomic mass is 19.1. The highest BCUT2D eigenvalue weighted by Gasteiger charge is 2.52. The number of aromatic nitrogens is 3. The van der Waals surface area contributed by atoms with Crippen molar-refractivity contribution in [3.05, 3.63) is 59.7 Å². The molecule has 12 heteroatoms. The van der Waals surface area contributed by atoms with Crippen LogP contribution >= 0.6 is 0 Å².